The third kappa shape index (κ3) is 5.71. The Morgan fingerprint density at radius 1 is 1.26 bits per heavy atom. The van der Waals surface area contributed by atoms with E-state index in [0.29, 0.717) is 10.8 Å². The predicted octanol–water partition coefficient (Wildman–Crippen LogP) is 2.72. The molecule has 3 rings (SSSR count). The van der Waals surface area contributed by atoms with Gasteiger partial charge in [0.2, 0.25) is 15.9 Å². The van der Waals surface area contributed by atoms with Gasteiger partial charge in [0.1, 0.15) is 6.04 Å². The number of thiophene rings is 1. The van der Waals surface area contributed by atoms with Crippen LogP contribution in [0.15, 0.2) is 35.2 Å². The quantitative estimate of drug-likeness (QED) is 0.476. The summed E-state index contributed by atoms with van der Waals surface area (Å²) in [5.41, 5.74) is -1.07. The predicted molar refractivity (Wildman–Crippen MR) is 121 cm³/mol. The van der Waals surface area contributed by atoms with Gasteiger partial charge in [-0.15, -0.1) is 11.3 Å². The van der Waals surface area contributed by atoms with Crippen LogP contribution in [-0.4, -0.2) is 52.4 Å². The molecule has 0 radical (unpaired) electrons. The summed E-state index contributed by atoms with van der Waals surface area (Å²) in [6.45, 7) is -0.340. The molecule has 2 heterocycles. The number of nitrogens with one attached hydrogen (secondary N) is 2. The molecule has 2 N–H and O–H groups in total. The number of anilines is 1. The summed E-state index contributed by atoms with van der Waals surface area (Å²) < 4.78 is 61.1. The van der Waals surface area contributed by atoms with E-state index in [1.54, 1.807) is 0 Å². The Kier molecular flexibility index (Phi) is 8.23. The second-order valence-corrected chi connectivity index (χ2v) is 10.5. The summed E-state index contributed by atoms with van der Waals surface area (Å²) in [6.07, 6.45) is -2.61. The molecule has 1 aromatic heterocycles. The van der Waals surface area contributed by atoms with Gasteiger partial charge in [-0.3, -0.25) is 14.4 Å². The molecule has 14 heteroatoms. The maximum absolute atomic E-state index is 14.0. The van der Waals surface area contributed by atoms with Gasteiger partial charge in [0.05, 0.1) is 32.5 Å². The lowest BCUT2D eigenvalue weighted by molar-refractivity contribution is -0.142. The molecule has 0 saturated carbocycles. The first-order valence-electron chi connectivity index (χ1n) is 9.90. The Morgan fingerprint density at radius 3 is 2.56 bits per heavy atom. The van der Waals surface area contributed by atoms with E-state index in [1.807, 2.05) is 4.72 Å². The molecule has 2 amide bonds. The molecule has 0 aliphatic carbocycles. The van der Waals surface area contributed by atoms with Crippen molar-refractivity contribution in [2.45, 2.75) is 30.2 Å². The van der Waals surface area contributed by atoms with Gasteiger partial charge < -0.3 is 15.0 Å². The highest BCUT2D eigenvalue weighted by Crippen LogP contribution is 2.37. The highest BCUT2D eigenvalue weighted by atomic mass is 35.5. The van der Waals surface area contributed by atoms with Crippen LogP contribution in [-0.2, 0) is 24.3 Å². The number of methoxy groups -OCH3 is 1. The number of nitrogens with zero attached hydrogens (tertiary/aromatic N) is 1. The van der Waals surface area contributed by atoms with Crippen LogP contribution in [0.5, 0.6) is 0 Å². The number of amides is 2. The van der Waals surface area contributed by atoms with Crippen LogP contribution >= 0.6 is 22.9 Å². The fraction of sp³-hybridized carbons (Fsp3) is 0.350. The van der Waals surface area contributed by atoms with E-state index in [2.05, 4.69) is 10.1 Å². The van der Waals surface area contributed by atoms with Crippen LogP contribution in [0.4, 0.5) is 14.5 Å². The van der Waals surface area contributed by atoms with Gasteiger partial charge in [0.15, 0.2) is 0 Å². The van der Waals surface area contributed by atoms with Gasteiger partial charge in [-0.25, -0.2) is 17.2 Å². The van der Waals surface area contributed by atoms with Crippen molar-refractivity contribution in [3.8, 4) is 0 Å². The van der Waals surface area contributed by atoms with Gasteiger partial charge >= 0.3 is 5.97 Å². The number of rotatable bonds is 9. The third-order valence-electron chi connectivity index (χ3n) is 4.96. The topological polar surface area (TPSA) is 122 Å². The van der Waals surface area contributed by atoms with Crippen LogP contribution in [0, 0.1) is 0 Å². The van der Waals surface area contributed by atoms with Gasteiger partial charge in [-0.05, 0) is 30.7 Å². The summed E-state index contributed by atoms with van der Waals surface area (Å²) >= 11 is 6.76. The van der Waals surface area contributed by atoms with Crippen molar-refractivity contribution in [3.05, 3.63) is 45.1 Å². The molecule has 1 atom stereocenters. The number of halogens is 3. The molecular formula is C20H20ClF2N3O6S2. The average Bonchev–Trinajstić information content (AvgIpc) is 3.43. The molecule has 34 heavy (non-hydrogen) atoms. The number of alkyl halides is 2. The first kappa shape index (κ1) is 26.0. The molecule has 184 valence electrons. The maximum atomic E-state index is 14.0. The molecule has 0 bridgehead atoms. The molecule has 1 aliphatic heterocycles. The first-order valence-corrected chi connectivity index (χ1v) is 12.6. The minimum atomic E-state index is -4.71. The molecule has 1 aliphatic rings. The van der Waals surface area contributed by atoms with Gasteiger partial charge in [-0.2, -0.15) is 4.72 Å². The zero-order valence-corrected chi connectivity index (χ0v) is 20.1. The molecule has 1 unspecified atom stereocenters. The Bertz CT molecular complexity index is 1200. The number of benzene rings is 1. The van der Waals surface area contributed by atoms with Gasteiger partial charge in [0, 0.05) is 19.5 Å². The molecule has 2 aromatic rings. The van der Waals surface area contributed by atoms with E-state index in [-0.39, 0.29) is 23.5 Å². The summed E-state index contributed by atoms with van der Waals surface area (Å²) in [5, 5.41) is 2.38. The zero-order chi connectivity index (χ0) is 25.0. The number of hydrogen-bond donors (Lipinski definition) is 2. The summed E-state index contributed by atoms with van der Waals surface area (Å²) in [6, 6.07) is 4.75. The van der Waals surface area contributed by atoms with Gasteiger partial charge in [0.25, 0.3) is 12.3 Å². The van der Waals surface area contributed by atoms with Gasteiger partial charge in [-0.1, -0.05) is 17.7 Å². The Morgan fingerprint density at radius 2 is 2.00 bits per heavy atom. The Labute approximate surface area is 203 Å². The third-order valence-corrected chi connectivity index (χ3v) is 7.72. The summed E-state index contributed by atoms with van der Waals surface area (Å²) in [7, 11) is -3.70. The minimum absolute atomic E-state index is 0.164. The van der Waals surface area contributed by atoms with Crippen LogP contribution in [0.25, 0.3) is 0 Å². The molecule has 1 fully saturated rings. The van der Waals surface area contributed by atoms with E-state index >= 15 is 0 Å². The fourth-order valence-electron chi connectivity index (χ4n) is 3.41. The number of ether oxygens (including phenoxy) is 1. The van der Waals surface area contributed by atoms with Crippen molar-refractivity contribution >= 4 is 56.4 Å². The maximum Gasteiger partial charge on any atom is 0.325 e. The average molecular weight is 536 g/mol. The standard InChI is InChI=1S/C20H20ClF2N3O6S2/c1-32-20(29)11(10-24-19(28)13-7-8-15(21)33-13)25-34(30,31)14-5-2-4-12(17(14)18(22)23)26-9-3-6-16(26)27/h2,4-5,7-8,11,18,25H,3,6,9-10H2,1H3,(H,24,28). The van der Waals surface area contributed by atoms with Crippen LogP contribution in [0.1, 0.15) is 34.5 Å². The van der Waals surface area contributed by atoms with Crippen molar-refractivity contribution in [2.75, 3.05) is 25.1 Å². The normalized spacial score (nSPS) is 15.0. The van der Waals surface area contributed by atoms with E-state index < -0.39 is 57.3 Å². The molecular weight excluding hydrogens is 516 g/mol. The second-order valence-electron chi connectivity index (χ2n) is 7.15. The van der Waals surface area contributed by atoms with Crippen molar-refractivity contribution < 1.29 is 36.3 Å². The fourth-order valence-corrected chi connectivity index (χ4v) is 5.79. The Balaban J connectivity index is 1.89. The van der Waals surface area contributed by atoms with E-state index in [9.17, 15) is 31.6 Å². The number of carbonyl (C=O) groups excluding carboxylic acids is 3. The number of sulfonamides is 1. The molecule has 1 aromatic carbocycles. The minimum Gasteiger partial charge on any atom is -0.468 e. The molecule has 9 nitrogen and oxygen atoms in total. The smallest absolute Gasteiger partial charge is 0.325 e. The number of hydrogen-bond acceptors (Lipinski definition) is 7. The Hall–Kier alpha value is -2.61. The highest BCUT2D eigenvalue weighted by molar-refractivity contribution is 7.89. The monoisotopic (exact) mass is 535 g/mol. The van der Waals surface area contributed by atoms with Crippen molar-refractivity contribution in [1.82, 2.24) is 10.0 Å². The van der Waals surface area contributed by atoms with Crippen LogP contribution in [0.3, 0.4) is 0 Å². The van der Waals surface area contributed by atoms with E-state index in [0.717, 1.165) is 29.4 Å². The molecule has 1 saturated heterocycles. The van der Waals surface area contributed by atoms with Crippen LogP contribution in [0.2, 0.25) is 4.34 Å². The van der Waals surface area contributed by atoms with Crippen LogP contribution < -0.4 is 14.9 Å². The number of esters is 1. The first-order chi connectivity index (χ1) is 16.0. The lowest BCUT2D eigenvalue weighted by Crippen LogP contribution is -2.49. The van der Waals surface area contributed by atoms with E-state index in [4.69, 9.17) is 11.6 Å². The zero-order valence-electron chi connectivity index (χ0n) is 17.7. The lowest BCUT2D eigenvalue weighted by Gasteiger charge is -2.23. The van der Waals surface area contributed by atoms with Crippen molar-refractivity contribution in [1.29, 1.82) is 0 Å². The summed E-state index contributed by atoms with van der Waals surface area (Å²) in [4.78, 5) is 37.1. The lowest BCUT2D eigenvalue weighted by atomic mass is 10.1. The van der Waals surface area contributed by atoms with E-state index in [1.165, 1.54) is 24.3 Å². The highest BCUT2D eigenvalue weighted by Gasteiger charge is 2.34. The van der Waals surface area contributed by atoms with Crippen molar-refractivity contribution in [2.24, 2.45) is 0 Å². The van der Waals surface area contributed by atoms with Crippen molar-refractivity contribution in [3.63, 3.8) is 0 Å². The number of carbonyl (C=O) groups is 3. The second kappa shape index (κ2) is 10.8. The largest absolute Gasteiger partial charge is 0.468 e. The summed E-state index contributed by atoms with van der Waals surface area (Å²) in [5.74, 6) is -2.06. The SMILES string of the molecule is COC(=O)C(CNC(=O)c1ccc(Cl)s1)NS(=O)(=O)c1cccc(N2CCCC2=O)c1C(F)F. The molecule has 0 spiro atoms.